The number of alkyl carbamates (subject to hydrolysis) is 1. The van der Waals surface area contributed by atoms with Crippen molar-refractivity contribution in [1.82, 2.24) is 14.9 Å². The van der Waals surface area contributed by atoms with Gasteiger partial charge in [-0.3, -0.25) is 9.36 Å². The van der Waals surface area contributed by atoms with Gasteiger partial charge in [0.2, 0.25) is 5.75 Å². The summed E-state index contributed by atoms with van der Waals surface area (Å²) >= 11 is 0. The average molecular weight is 490 g/mol. The minimum absolute atomic E-state index is 0.0377. The molecule has 2 bridgehead atoms. The second-order valence-electron chi connectivity index (χ2n) is 9.32. The molecule has 36 heavy (non-hydrogen) atoms. The Morgan fingerprint density at radius 2 is 1.61 bits per heavy atom. The predicted octanol–water partition coefficient (Wildman–Crippen LogP) is 3.85. The first-order valence-electron chi connectivity index (χ1n) is 12.0. The van der Waals surface area contributed by atoms with E-state index in [-0.39, 0.29) is 30.7 Å². The molecule has 1 fully saturated rings. The van der Waals surface area contributed by atoms with Gasteiger partial charge in [-0.25, -0.2) is 14.6 Å². The van der Waals surface area contributed by atoms with E-state index in [9.17, 15) is 19.5 Å². The Morgan fingerprint density at radius 1 is 1.00 bits per heavy atom. The fourth-order valence-corrected chi connectivity index (χ4v) is 5.05. The van der Waals surface area contributed by atoms with Gasteiger partial charge in [0.05, 0.1) is 0 Å². The van der Waals surface area contributed by atoms with Crippen molar-refractivity contribution in [3.63, 3.8) is 0 Å². The molecule has 3 aliphatic rings. The summed E-state index contributed by atoms with van der Waals surface area (Å²) in [6.45, 7) is 0.527. The Labute approximate surface area is 207 Å². The van der Waals surface area contributed by atoms with E-state index in [1.165, 1.54) is 4.57 Å². The van der Waals surface area contributed by atoms with Crippen molar-refractivity contribution in [1.29, 1.82) is 0 Å². The fraction of sp³-hybridized carbons (Fsp3) is 0.333. The number of fused-ring (bicyclic) bond motifs is 2. The fourth-order valence-electron chi connectivity index (χ4n) is 5.05. The van der Waals surface area contributed by atoms with Gasteiger partial charge in [0, 0.05) is 6.54 Å². The van der Waals surface area contributed by atoms with Crippen molar-refractivity contribution in [2.24, 2.45) is 5.92 Å². The lowest BCUT2D eigenvalue weighted by Gasteiger charge is -2.36. The van der Waals surface area contributed by atoms with Gasteiger partial charge < -0.3 is 19.9 Å². The molecule has 0 unspecified atom stereocenters. The number of benzene rings is 2. The molecule has 0 radical (unpaired) electrons. The first-order valence-corrected chi connectivity index (χ1v) is 12.0. The minimum atomic E-state index is -1.36. The normalized spacial score (nSPS) is 20.2. The van der Waals surface area contributed by atoms with Crippen molar-refractivity contribution in [3.05, 3.63) is 93.7 Å². The van der Waals surface area contributed by atoms with Crippen LogP contribution in [0.3, 0.4) is 0 Å². The van der Waals surface area contributed by atoms with Crippen LogP contribution in [0.25, 0.3) is 0 Å². The number of amides is 1. The molecular formula is C27H27N3O6. The van der Waals surface area contributed by atoms with E-state index in [4.69, 9.17) is 9.47 Å². The van der Waals surface area contributed by atoms with Crippen LogP contribution >= 0.6 is 0 Å². The van der Waals surface area contributed by atoms with Crippen LogP contribution in [0, 0.1) is 5.92 Å². The molecule has 0 saturated heterocycles. The molecule has 2 N–H and O–H groups in total. The number of carboxylic acid groups (broad SMARTS) is 1. The maximum Gasteiger partial charge on any atom is 0.408 e. The zero-order chi connectivity index (χ0) is 25.1. The SMILES string of the molecule is O=C(NC12CCC(CC1)Cn1c2nc(C(=O)O)c(OCc2ccccc2)c1=O)OCc1ccccc1. The maximum atomic E-state index is 13.6. The lowest BCUT2D eigenvalue weighted by Crippen LogP contribution is -2.50. The van der Waals surface area contributed by atoms with Gasteiger partial charge in [0.15, 0.2) is 5.69 Å². The minimum Gasteiger partial charge on any atom is -0.481 e. The molecule has 0 atom stereocenters. The third-order valence-electron chi connectivity index (χ3n) is 6.94. The molecule has 1 aliphatic carbocycles. The number of hydrogen-bond acceptors (Lipinski definition) is 6. The quantitative estimate of drug-likeness (QED) is 0.517. The van der Waals surface area contributed by atoms with Crippen LogP contribution in [0.2, 0.25) is 0 Å². The maximum absolute atomic E-state index is 13.6. The lowest BCUT2D eigenvalue weighted by molar-refractivity contribution is 0.0682. The number of nitrogens with one attached hydrogen (secondary N) is 1. The van der Waals surface area contributed by atoms with Gasteiger partial charge in [0.1, 0.15) is 24.6 Å². The second-order valence-corrected chi connectivity index (χ2v) is 9.32. The highest BCUT2D eigenvalue weighted by atomic mass is 16.5. The number of carboxylic acids is 1. The van der Waals surface area contributed by atoms with Crippen LogP contribution < -0.4 is 15.6 Å². The largest absolute Gasteiger partial charge is 0.481 e. The topological polar surface area (TPSA) is 120 Å². The second kappa shape index (κ2) is 9.85. The molecule has 0 spiro atoms. The zero-order valence-corrected chi connectivity index (χ0v) is 19.7. The number of carbonyl (C=O) groups is 2. The first kappa shape index (κ1) is 23.6. The summed E-state index contributed by atoms with van der Waals surface area (Å²) in [4.78, 5) is 43.0. The first-order chi connectivity index (χ1) is 17.4. The van der Waals surface area contributed by atoms with Gasteiger partial charge in [-0.1, -0.05) is 60.7 Å². The van der Waals surface area contributed by atoms with Crippen LogP contribution in [-0.4, -0.2) is 26.7 Å². The van der Waals surface area contributed by atoms with Gasteiger partial charge in [-0.2, -0.15) is 0 Å². The van der Waals surface area contributed by atoms with Crippen molar-refractivity contribution in [2.45, 2.75) is 51.0 Å². The summed E-state index contributed by atoms with van der Waals surface area (Å²) in [6.07, 6.45) is 1.97. The summed E-state index contributed by atoms with van der Waals surface area (Å²) in [5, 5.41) is 12.8. The molecule has 9 heteroatoms. The third-order valence-corrected chi connectivity index (χ3v) is 6.94. The van der Waals surface area contributed by atoms with Crippen LogP contribution in [-0.2, 0) is 30.0 Å². The van der Waals surface area contributed by atoms with Crippen LogP contribution in [0.4, 0.5) is 4.79 Å². The number of nitrogens with zero attached hydrogens (tertiary/aromatic N) is 2. The van der Waals surface area contributed by atoms with E-state index in [0.29, 0.717) is 19.4 Å². The Hall–Kier alpha value is -4.14. The highest BCUT2D eigenvalue weighted by Gasteiger charge is 2.46. The molecule has 2 aliphatic heterocycles. The number of carbonyl (C=O) groups excluding carboxylic acids is 1. The Bertz CT molecular complexity index is 1310. The van der Waals surface area contributed by atoms with Crippen molar-refractivity contribution in [2.75, 3.05) is 0 Å². The summed E-state index contributed by atoms with van der Waals surface area (Å²) in [7, 11) is 0. The van der Waals surface area contributed by atoms with Crippen molar-refractivity contribution >= 4 is 12.1 Å². The molecule has 2 aromatic carbocycles. The van der Waals surface area contributed by atoms with Gasteiger partial charge in [-0.05, 0) is 42.7 Å². The third kappa shape index (κ3) is 4.68. The molecule has 1 saturated carbocycles. The van der Waals surface area contributed by atoms with Gasteiger partial charge >= 0.3 is 12.1 Å². The molecule has 3 heterocycles. The van der Waals surface area contributed by atoms with Crippen molar-refractivity contribution < 1.29 is 24.2 Å². The summed E-state index contributed by atoms with van der Waals surface area (Å²) in [6, 6.07) is 18.5. The van der Waals surface area contributed by atoms with Crippen LogP contribution in [0.5, 0.6) is 5.75 Å². The summed E-state index contributed by atoms with van der Waals surface area (Å²) in [5.74, 6) is -1.19. The molecular weight excluding hydrogens is 462 g/mol. The average Bonchev–Trinajstić information content (AvgIpc) is 3.14. The van der Waals surface area contributed by atoms with E-state index in [1.54, 1.807) is 0 Å². The number of ether oxygens (including phenoxy) is 2. The highest BCUT2D eigenvalue weighted by molar-refractivity contribution is 5.88. The zero-order valence-electron chi connectivity index (χ0n) is 19.7. The number of aromatic carboxylic acids is 1. The lowest BCUT2D eigenvalue weighted by atomic mass is 9.77. The number of hydrogen-bond donors (Lipinski definition) is 2. The molecule has 6 rings (SSSR count). The van der Waals surface area contributed by atoms with Crippen molar-refractivity contribution in [3.8, 4) is 5.75 Å². The molecule has 186 valence electrons. The predicted molar refractivity (Wildman–Crippen MR) is 130 cm³/mol. The van der Waals surface area contributed by atoms with Gasteiger partial charge in [-0.15, -0.1) is 0 Å². The smallest absolute Gasteiger partial charge is 0.408 e. The summed E-state index contributed by atoms with van der Waals surface area (Å²) in [5.41, 5.74) is -0.357. The van der Waals surface area contributed by atoms with E-state index in [1.807, 2.05) is 60.7 Å². The molecule has 3 aromatic rings. The Morgan fingerprint density at radius 3 is 2.22 bits per heavy atom. The Balaban J connectivity index is 1.47. The molecule has 9 nitrogen and oxygen atoms in total. The molecule has 1 amide bonds. The van der Waals surface area contributed by atoms with E-state index in [2.05, 4.69) is 10.3 Å². The van der Waals surface area contributed by atoms with Crippen LogP contribution in [0.15, 0.2) is 65.5 Å². The highest BCUT2D eigenvalue weighted by Crippen LogP contribution is 2.43. The van der Waals surface area contributed by atoms with Crippen LogP contribution in [0.1, 0.15) is 53.1 Å². The van der Waals surface area contributed by atoms with E-state index >= 15 is 0 Å². The van der Waals surface area contributed by atoms with E-state index < -0.39 is 28.9 Å². The standard InChI is InChI=1S/C27H27N3O6/c31-23-22(35-16-19-7-3-1-4-8-19)21(24(32)33)28-25-27(13-11-18(12-14-27)15-30(23)25)29-26(34)36-17-20-9-5-2-6-10-20/h1-10,18H,11-17H2,(H,29,34)(H,32,33). The Kier molecular flexibility index (Phi) is 6.45. The van der Waals surface area contributed by atoms with E-state index in [0.717, 1.165) is 24.0 Å². The number of aromatic nitrogens is 2. The van der Waals surface area contributed by atoms with Gasteiger partial charge in [0.25, 0.3) is 5.56 Å². The number of rotatable bonds is 7. The monoisotopic (exact) mass is 489 g/mol. The molecule has 1 aromatic heterocycles. The summed E-state index contributed by atoms with van der Waals surface area (Å²) < 4.78 is 12.7.